The van der Waals surface area contributed by atoms with Crippen LogP contribution in [0.4, 0.5) is 5.82 Å². The molecule has 5 nitrogen and oxygen atoms in total. The van der Waals surface area contributed by atoms with Crippen LogP contribution in [-0.4, -0.2) is 56.3 Å². The Hall–Kier alpha value is -1.92. The summed E-state index contributed by atoms with van der Waals surface area (Å²) >= 11 is 0. The molecule has 3 saturated heterocycles. The van der Waals surface area contributed by atoms with Gasteiger partial charge in [-0.2, -0.15) is 0 Å². The van der Waals surface area contributed by atoms with E-state index in [2.05, 4.69) is 45.1 Å². The summed E-state index contributed by atoms with van der Waals surface area (Å²) < 4.78 is 23.5. The number of nitrogens with zero attached hydrogens (tertiary/aromatic N) is 3. The fraction of sp³-hybridized carbons (Fsp3) is 0.542. The van der Waals surface area contributed by atoms with Gasteiger partial charge in [-0.1, -0.05) is 36.8 Å². The Kier molecular flexibility index (Phi) is 5.31. The van der Waals surface area contributed by atoms with E-state index in [-0.39, 0.29) is 0 Å². The second kappa shape index (κ2) is 7.97. The highest BCUT2D eigenvalue weighted by Crippen LogP contribution is 2.41. The second-order valence-corrected chi connectivity index (χ2v) is 11.4. The molecule has 30 heavy (non-hydrogen) atoms. The van der Waals surface area contributed by atoms with Gasteiger partial charge >= 0.3 is 0 Å². The molecule has 0 spiro atoms. The van der Waals surface area contributed by atoms with E-state index in [9.17, 15) is 8.42 Å². The lowest BCUT2D eigenvalue weighted by Crippen LogP contribution is -2.62. The molecule has 6 heteroatoms. The van der Waals surface area contributed by atoms with Gasteiger partial charge in [-0.15, -0.1) is 0 Å². The number of sulfone groups is 1. The Labute approximate surface area is 180 Å². The van der Waals surface area contributed by atoms with Crippen molar-refractivity contribution >= 4 is 15.7 Å². The smallest absolute Gasteiger partial charge is 0.177 e. The minimum absolute atomic E-state index is 0.297. The Balaban J connectivity index is 1.31. The molecular formula is C24H31N3O2S. The van der Waals surface area contributed by atoms with Crippen LogP contribution in [0.1, 0.15) is 31.2 Å². The highest BCUT2D eigenvalue weighted by molar-refractivity contribution is 7.90. The van der Waals surface area contributed by atoms with Crippen LogP contribution in [-0.2, 0) is 16.3 Å². The zero-order valence-electron chi connectivity index (χ0n) is 17.7. The molecule has 160 valence electrons. The predicted octanol–water partition coefficient (Wildman–Crippen LogP) is 3.41. The first-order chi connectivity index (χ1) is 14.5. The Morgan fingerprint density at radius 2 is 1.87 bits per heavy atom. The number of anilines is 1. The molecule has 2 bridgehead atoms. The number of pyridine rings is 1. The van der Waals surface area contributed by atoms with Crippen molar-refractivity contribution in [1.29, 1.82) is 0 Å². The van der Waals surface area contributed by atoms with Gasteiger partial charge in [-0.3, -0.25) is 4.90 Å². The number of rotatable bonds is 4. The Morgan fingerprint density at radius 1 is 1.03 bits per heavy atom. The second-order valence-electron chi connectivity index (χ2n) is 9.43. The molecule has 1 aromatic heterocycles. The maximum absolute atomic E-state index is 11.7. The normalized spacial score (nSPS) is 29.4. The van der Waals surface area contributed by atoms with E-state index in [4.69, 9.17) is 0 Å². The van der Waals surface area contributed by atoms with E-state index in [0.717, 1.165) is 25.3 Å². The molecule has 5 rings (SSSR count). The fourth-order valence-corrected chi connectivity index (χ4v) is 6.54. The van der Waals surface area contributed by atoms with Crippen molar-refractivity contribution in [3.8, 4) is 0 Å². The van der Waals surface area contributed by atoms with E-state index in [0.29, 0.717) is 28.8 Å². The molecule has 0 aliphatic carbocycles. The lowest BCUT2D eigenvalue weighted by atomic mass is 9.74. The molecule has 1 aromatic carbocycles. The van der Waals surface area contributed by atoms with Gasteiger partial charge in [0.15, 0.2) is 9.84 Å². The van der Waals surface area contributed by atoms with Crippen molar-refractivity contribution < 1.29 is 8.42 Å². The fourth-order valence-electron chi connectivity index (χ4n) is 5.98. The van der Waals surface area contributed by atoms with E-state index in [1.54, 1.807) is 6.07 Å². The summed E-state index contributed by atoms with van der Waals surface area (Å²) in [5, 5.41) is 0. The van der Waals surface area contributed by atoms with Gasteiger partial charge in [0.1, 0.15) is 5.82 Å². The van der Waals surface area contributed by atoms with Gasteiger partial charge in [0.25, 0.3) is 0 Å². The third-order valence-electron chi connectivity index (χ3n) is 7.30. The summed E-state index contributed by atoms with van der Waals surface area (Å²) in [5.41, 5.74) is 1.45. The summed E-state index contributed by atoms with van der Waals surface area (Å²) in [4.78, 5) is 10.0. The summed E-state index contributed by atoms with van der Waals surface area (Å²) in [5.74, 6) is 2.25. The van der Waals surface area contributed by atoms with Crippen LogP contribution in [0.2, 0.25) is 0 Å². The topological polar surface area (TPSA) is 53.5 Å². The average molecular weight is 426 g/mol. The molecule has 4 atom stereocenters. The van der Waals surface area contributed by atoms with Crippen LogP contribution in [0, 0.1) is 11.8 Å². The van der Waals surface area contributed by atoms with Crippen LogP contribution in [0.3, 0.4) is 0 Å². The SMILES string of the molecule is CS(=O)(=O)c1ccc(N2C[C@@H]3C[C@H](C2)[C@@H]2CCC[C@H](Cc4ccccc4)N2C3)nc1. The molecule has 0 amide bonds. The number of piperidine rings is 3. The average Bonchev–Trinajstić information content (AvgIpc) is 2.74. The molecular weight excluding hydrogens is 394 g/mol. The number of hydrogen-bond acceptors (Lipinski definition) is 5. The summed E-state index contributed by atoms with van der Waals surface area (Å²) in [7, 11) is -3.20. The standard InChI is InChI=1S/C24H31N3O2S/c1-30(28,29)22-10-11-24(25-14-22)26-15-19-12-20(17-26)23-9-5-8-21(27(23)16-19)13-18-6-3-2-4-7-18/h2-4,6-7,10-11,14,19-21,23H,5,8-9,12-13,15-17H2,1H3/t19-,20+,21+,23-/m0/s1. The van der Waals surface area contributed by atoms with Gasteiger partial charge < -0.3 is 4.90 Å². The molecule has 4 heterocycles. The highest BCUT2D eigenvalue weighted by Gasteiger charge is 2.44. The molecule has 0 N–H and O–H groups in total. The highest BCUT2D eigenvalue weighted by atomic mass is 32.2. The lowest BCUT2D eigenvalue weighted by Gasteiger charge is -2.55. The van der Waals surface area contributed by atoms with Crippen molar-refractivity contribution in [3.05, 3.63) is 54.2 Å². The van der Waals surface area contributed by atoms with Gasteiger partial charge in [0, 0.05) is 44.2 Å². The Morgan fingerprint density at radius 3 is 2.60 bits per heavy atom. The molecule has 0 radical (unpaired) electrons. The quantitative estimate of drug-likeness (QED) is 0.751. The van der Waals surface area contributed by atoms with Crippen molar-refractivity contribution in [2.75, 3.05) is 30.8 Å². The van der Waals surface area contributed by atoms with Crippen molar-refractivity contribution in [1.82, 2.24) is 9.88 Å². The minimum Gasteiger partial charge on any atom is -0.356 e. The van der Waals surface area contributed by atoms with E-state index in [1.165, 1.54) is 50.2 Å². The number of hydrogen-bond donors (Lipinski definition) is 0. The van der Waals surface area contributed by atoms with E-state index < -0.39 is 9.84 Å². The monoisotopic (exact) mass is 425 g/mol. The maximum Gasteiger partial charge on any atom is 0.177 e. The van der Waals surface area contributed by atoms with Crippen LogP contribution in [0.5, 0.6) is 0 Å². The summed E-state index contributed by atoms with van der Waals surface area (Å²) in [6, 6.07) is 15.9. The summed E-state index contributed by atoms with van der Waals surface area (Å²) in [6.45, 7) is 3.22. The number of aromatic nitrogens is 1. The van der Waals surface area contributed by atoms with Gasteiger partial charge in [-0.05, 0) is 55.2 Å². The van der Waals surface area contributed by atoms with Crippen molar-refractivity contribution in [2.24, 2.45) is 11.8 Å². The molecule has 3 aliphatic rings. The molecule has 2 aromatic rings. The molecule has 0 saturated carbocycles. The van der Waals surface area contributed by atoms with E-state index >= 15 is 0 Å². The first-order valence-electron chi connectivity index (χ1n) is 11.2. The van der Waals surface area contributed by atoms with Gasteiger partial charge in [0.2, 0.25) is 0 Å². The maximum atomic E-state index is 11.7. The predicted molar refractivity (Wildman–Crippen MR) is 119 cm³/mol. The third kappa shape index (κ3) is 4.00. The van der Waals surface area contributed by atoms with Gasteiger partial charge in [0.05, 0.1) is 4.90 Å². The lowest BCUT2D eigenvalue weighted by molar-refractivity contribution is -0.0187. The molecule has 3 fully saturated rings. The molecule has 3 aliphatic heterocycles. The Bertz CT molecular complexity index is 977. The molecule has 0 unspecified atom stereocenters. The van der Waals surface area contributed by atoms with Crippen LogP contribution in [0.15, 0.2) is 53.6 Å². The van der Waals surface area contributed by atoms with Crippen LogP contribution >= 0.6 is 0 Å². The third-order valence-corrected chi connectivity index (χ3v) is 8.40. The first-order valence-corrected chi connectivity index (χ1v) is 13.1. The van der Waals surface area contributed by atoms with Crippen molar-refractivity contribution in [2.45, 2.75) is 49.1 Å². The summed E-state index contributed by atoms with van der Waals surface area (Å²) in [6.07, 6.45) is 9.16. The van der Waals surface area contributed by atoms with Crippen molar-refractivity contribution in [3.63, 3.8) is 0 Å². The van der Waals surface area contributed by atoms with Gasteiger partial charge in [-0.25, -0.2) is 13.4 Å². The minimum atomic E-state index is -3.20. The van der Waals surface area contributed by atoms with Crippen LogP contribution in [0.25, 0.3) is 0 Å². The number of benzene rings is 1. The largest absolute Gasteiger partial charge is 0.356 e. The zero-order valence-corrected chi connectivity index (χ0v) is 18.5. The number of fused-ring (bicyclic) bond motifs is 4. The van der Waals surface area contributed by atoms with E-state index in [1.807, 2.05) is 6.07 Å². The first kappa shape index (κ1) is 20.0. The van der Waals surface area contributed by atoms with Crippen LogP contribution < -0.4 is 4.90 Å². The zero-order chi connectivity index (χ0) is 20.7.